The van der Waals surface area contributed by atoms with Crippen molar-refractivity contribution in [2.24, 2.45) is 0 Å². The minimum Gasteiger partial charge on any atom is -0.497 e. The Kier molecular flexibility index (Phi) is 6.01. The molecule has 1 fully saturated rings. The zero-order valence-corrected chi connectivity index (χ0v) is 18.6. The molecule has 160 valence electrons. The second-order valence-electron chi connectivity index (χ2n) is 7.05. The van der Waals surface area contributed by atoms with Crippen LogP contribution in [0.2, 0.25) is 0 Å². The molecule has 0 aliphatic carbocycles. The molecule has 4 heterocycles. The maximum Gasteiger partial charge on any atom is 0.247 e. The number of benzene rings is 1. The molecule has 0 bridgehead atoms. The normalized spacial score (nSPS) is 16.1. The van der Waals surface area contributed by atoms with Gasteiger partial charge in [0.15, 0.2) is 11.0 Å². The van der Waals surface area contributed by atoms with Gasteiger partial charge in [0, 0.05) is 12.2 Å². The van der Waals surface area contributed by atoms with Gasteiger partial charge in [0.1, 0.15) is 5.75 Å². The van der Waals surface area contributed by atoms with Crippen LogP contribution in [0.5, 0.6) is 5.75 Å². The third kappa shape index (κ3) is 4.51. The van der Waals surface area contributed by atoms with Crippen molar-refractivity contribution >= 4 is 23.1 Å². The fraction of sp³-hybridized carbons (Fsp3) is 0.333. The number of thiophene rings is 1. The third-order valence-corrected chi connectivity index (χ3v) is 6.81. The van der Waals surface area contributed by atoms with E-state index in [4.69, 9.17) is 13.9 Å². The van der Waals surface area contributed by atoms with Crippen LogP contribution in [0.4, 0.5) is 0 Å². The fourth-order valence-corrected chi connectivity index (χ4v) is 4.93. The van der Waals surface area contributed by atoms with Gasteiger partial charge in [0.05, 0.1) is 30.4 Å². The van der Waals surface area contributed by atoms with Crippen LogP contribution in [-0.4, -0.2) is 44.8 Å². The lowest BCUT2D eigenvalue weighted by atomic mass is 10.2. The number of thioether (sulfide) groups is 1. The van der Waals surface area contributed by atoms with Crippen LogP contribution in [0.25, 0.3) is 22.2 Å². The Bertz CT molecular complexity index is 1120. The van der Waals surface area contributed by atoms with E-state index >= 15 is 0 Å². The summed E-state index contributed by atoms with van der Waals surface area (Å²) in [4.78, 5) is 1.09. The number of aromatic nitrogens is 5. The van der Waals surface area contributed by atoms with E-state index in [2.05, 4.69) is 31.0 Å². The Morgan fingerprint density at radius 2 is 2.06 bits per heavy atom. The summed E-state index contributed by atoms with van der Waals surface area (Å²) in [6.45, 7) is 1.56. The summed E-state index contributed by atoms with van der Waals surface area (Å²) in [6.07, 6.45) is 2.35. The molecule has 0 saturated carbocycles. The van der Waals surface area contributed by atoms with Crippen molar-refractivity contribution in [3.8, 4) is 27.9 Å². The first-order valence-electron chi connectivity index (χ1n) is 9.98. The summed E-state index contributed by atoms with van der Waals surface area (Å²) in [5.41, 5.74) is 0.853. The van der Waals surface area contributed by atoms with Gasteiger partial charge in [0.2, 0.25) is 11.8 Å². The minimum atomic E-state index is 0.194. The Morgan fingerprint density at radius 3 is 2.81 bits per heavy atom. The number of rotatable bonds is 8. The van der Waals surface area contributed by atoms with Crippen molar-refractivity contribution in [2.45, 2.75) is 36.4 Å². The topological polar surface area (TPSA) is 88.1 Å². The van der Waals surface area contributed by atoms with Crippen LogP contribution >= 0.6 is 23.1 Å². The molecular formula is C21H21N5O3S2. The van der Waals surface area contributed by atoms with Crippen molar-refractivity contribution in [2.75, 3.05) is 13.7 Å². The SMILES string of the molecule is COc1ccc(-c2nnc(CSc3nnc(-c4cccs4)n3CC3CCCO3)o2)cc1. The molecule has 3 aromatic heterocycles. The van der Waals surface area contributed by atoms with E-state index in [1.807, 2.05) is 35.7 Å². The van der Waals surface area contributed by atoms with Gasteiger partial charge in [0.25, 0.3) is 0 Å². The van der Waals surface area contributed by atoms with Crippen LogP contribution in [-0.2, 0) is 17.0 Å². The van der Waals surface area contributed by atoms with Crippen LogP contribution in [0, 0.1) is 0 Å². The molecule has 0 spiro atoms. The molecule has 0 N–H and O–H groups in total. The monoisotopic (exact) mass is 455 g/mol. The standard InChI is InChI=1S/C21H21N5O3S2/c1-27-15-8-6-14(7-9-15)20-24-22-18(29-20)13-31-21-25-23-19(17-5-3-11-30-17)26(21)12-16-4-2-10-28-16/h3,5-9,11,16H,2,4,10,12-13H2,1H3. The maximum atomic E-state index is 5.85. The number of hydrogen-bond donors (Lipinski definition) is 0. The largest absolute Gasteiger partial charge is 0.497 e. The van der Waals surface area contributed by atoms with E-state index in [0.29, 0.717) is 17.5 Å². The molecule has 10 heteroatoms. The summed E-state index contributed by atoms with van der Waals surface area (Å²) >= 11 is 3.19. The van der Waals surface area contributed by atoms with E-state index < -0.39 is 0 Å². The zero-order valence-electron chi connectivity index (χ0n) is 16.9. The highest BCUT2D eigenvalue weighted by molar-refractivity contribution is 7.98. The lowest BCUT2D eigenvalue weighted by Crippen LogP contribution is -2.16. The molecule has 1 aromatic carbocycles. The zero-order chi connectivity index (χ0) is 21.0. The van der Waals surface area contributed by atoms with Crippen molar-refractivity contribution in [1.82, 2.24) is 25.0 Å². The van der Waals surface area contributed by atoms with E-state index in [-0.39, 0.29) is 6.10 Å². The summed E-state index contributed by atoms with van der Waals surface area (Å²) in [6, 6.07) is 11.6. The molecule has 0 amide bonds. The fourth-order valence-electron chi connectivity index (χ4n) is 3.43. The van der Waals surface area contributed by atoms with Gasteiger partial charge in [-0.2, -0.15) is 0 Å². The summed E-state index contributed by atoms with van der Waals surface area (Å²) in [7, 11) is 1.64. The van der Waals surface area contributed by atoms with E-state index in [0.717, 1.165) is 53.2 Å². The second-order valence-corrected chi connectivity index (χ2v) is 8.94. The molecule has 5 rings (SSSR count). The van der Waals surface area contributed by atoms with Gasteiger partial charge in [-0.1, -0.05) is 17.8 Å². The molecule has 1 saturated heterocycles. The molecule has 1 aliphatic rings. The number of hydrogen-bond acceptors (Lipinski definition) is 9. The van der Waals surface area contributed by atoms with Gasteiger partial charge >= 0.3 is 0 Å². The van der Waals surface area contributed by atoms with Crippen molar-refractivity contribution in [1.29, 1.82) is 0 Å². The minimum absolute atomic E-state index is 0.194. The van der Waals surface area contributed by atoms with Crippen molar-refractivity contribution in [3.05, 3.63) is 47.7 Å². The predicted octanol–water partition coefficient (Wildman–Crippen LogP) is 4.54. The molecule has 4 aromatic rings. The predicted molar refractivity (Wildman–Crippen MR) is 118 cm³/mol. The molecule has 31 heavy (non-hydrogen) atoms. The maximum absolute atomic E-state index is 5.85. The van der Waals surface area contributed by atoms with Gasteiger partial charge in [-0.15, -0.1) is 31.7 Å². The quantitative estimate of drug-likeness (QED) is 0.358. The number of nitrogens with zero attached hydrogens (tertiary/aromatic N) is 5. The average Bonchev–Trinajstić information content (AvgIpc) is 3.61. The van der Waals surface area contributed by atoms with Gasteiger partial charge in [-0.3, -0.25) is 4.57 Å². The van der Waals surface area contributed by atoms with Crippen LogP contribution in [0.3, 0.4) is 0 Å². The molecule has 1 unspecified atom stereocenters. The lowest BCUT2D eigenvalue weighted by molar-refractivity contribution is 0.0953. The Hall–Kier alpha value is -2.69. The number of ether oxygens (including phenoxy) is 2. The van der Waals surface area contributed by atoms with Crippen molar-refractivity contribution in [3.63, 3.8) is 0 Å². The Balaban J connectivity index is 1.32. The lowest BCUT2D eigenvalue weighted by Gasteiger charge is -2.13. The van der Waals surface area contributed by atoms with Crippen LogP contribution < -0.4 is 4.74 Å². The van der Waals surface area contributed by atoms with E-state index in [1.165, 1.54) is 11.8 Å². The van der Waals surface area contributed by atoms with E-state index in [1.54, 1.807) is 18.4 Å². The molecule has 1 aliphatic heterocycles. The first-order chi connectivity index (χ1) is 15.3. The molecule has 8 nitrogen and oxygen atoms in total. The molecule has 1 atom stereocenters. The van der Waals surface area contributed by atoms with Crippen LogP contribution in [0.15, 0.2) is 51.4 Å². The van der Waals surface area contributed by atoms with Crippen LogP contribution in [0.1, 0.15) is 18.7 Å². The third-order valence-electron chi connectivity index (χ3n) is 5.00. The van der Waals surface area contributed by atoms with E-state index in [9.17, 15) is 0 Å². The molecule has 0 radical (unpaired) electrons. The second kappa shape index (κ2) is 9.21. The highest BCUT2D eigenvalue weighted by Gasteiger charge is 2.22. The van der Waals surface area contributed by atoms with Gasteiger partial charge < -0.3 is 13.9 Å². The number of methoxy groups -OCH3 is 1. The van der Waals surface area contributed by atoms with Gasteiger partial charge in [-0.05, 0) is 48.6 Å². The smallest absolute Gasteiger partial charge is 0.247 e. The summed E-state index contributed by atoms with van der Waals surface area (Å²) in [5, 5.41) is 20.1. The Labute approximate surface area is 187 Å². The van der Waals surface area contributed by atoms with Gasteiger partial charge in [-0.25, -0.2) is 0 Å². The summed E-state index contributed by atoms with van der Waals surface area (Å²) < 4.78 is 19.0. The molecular weight excluding hydrogens is 434 g/mol. The summed E-state index contributed by atoms with van der Waals surface area (Å²) in [5.74, 6) is 3.19. The van der Waals surface area contributed by atoms with Crippen molar-refractivity contribution < 1.29 is 13.9 Å². The first-order valence-corrected chi connectivity index (χ1v) is 11.8. The Morgan fingerprint density at radius 1 is 1.16 bits per heavy atom. The highest BCUT2D eigenvalue weighted by atomic mass is 32.2. The highest BCUT2D eigenvalue weighted by Crippen LogP contribution is 2.31. The average molecular weight is 456 g/mol. The first kappa shape index (κ1) is 20.2.